The van der Waals surface area contributed by atoms with Crippen molar-refractivity contribution in [2.45, 2.75) is 46.1 Å². The van der Waals surface area contributed by atoms with Crippen LogP contribution >= 0.6 is 0 Å². The molecule has 0 unspecified atom stereocenters. The Hall–Kier alpha value is -3.49. The van der Waals surface area contributed by atoms with E-state index in [1.807, 2.05) is 13.8 Å². The van der Waals surface area contributed by atoms with Crippen LogP contribution < -0.4 is 31.4 Å². The van der Waals surface area contributed by atoms with Crippen molar-refractivity contribution in [1.29, 1.82) is 0 Å². The summed E-state index contributed by atoms with van der Waals surface area (Å²) in [5.74, 6) is 0.400. The second-order valence-corrected chi connectivity index (χ2v) is 7.27. The number of methoxy groups -OCH3 is 1. The molecule has 0 aliphatic heterocycles. The Morgan fingerprint density at radius 1 is 1.22 bits per heavy atom. The second-order valence-electron chi connectivity index (χ2n) is 7.27. The third kappa shape index (κ3) is 5.60. The molecule has 0 saturated heterocycles. The van der Waals surface area contributed by atoms with Crippen LogP contribution in [0.4, 0.5) is 11.5 Å². The molecule has 0 aliphatic rings. The van der Waals surface area contributed by atoms with Gasteiger partial charge < -0.3 is 20.1 Å². The molecule has 0 bridgehead atoms. The number of anilines is 2. The molecule has 1 aromatic carbocycles. The van der Waals surface area contributed by atoms with Crippen LogP contribution in [0.15, 0.2) is 40.4 Å². The van der Waals surface area contributed by atoms with E-state index in [9.17, 15) is 14.4 Å². The summed E-state index contributed by atoms with van der Waals surface area (Å²) in [4.78, 5) is 42.1. The minimum absolute atomic E-state index is 0.0189. The first kappa shape index (κ1) is 24.8. The standard InChI is InChI=1S/C23H32N4O5/c1-5-8-12-26(19-20(24)27(13-9-6-2)23(30)25-21(19)28)22(29)16-10-11-17(32-14-7-3)18(15-16)31-4/h7,10-11,15H,3,5-6,8-9,12-14,24H2,1-2,4H3,(H,25,28,30). The summed E-state index contributed by atoms with van der Waals surface area (Å²) in [7, 11) is 1.48. The molecule has 1 aromatic heterocycles. The molecule has 2 aromatic rings. The predicted molar refractivity (Wildman–Crippen MR) is 126 cm³/mol. The number of carbonyl (C=O) groups excluding carboxylic acids is 1. The van der Waals surface area contributed by atoms with E-state index in [1.54, 1.807) is 24.3 Å². The topological polar surface area (TPSA) is 120 Å². The monoisotopic (exact) mass is 444 g/mol. The summed E-state index contributed by atoms with van der Waals surface area (Å²) in [6.07, 6.45) is 4.61. The van der Waals surface area contributed by atoms with Gasteiger partial charge in [0.2, 0.25) is 0 Å². The summed E-state index contributed by atoms with van der Waals surface area (Å²) in [6, 6.07) is 4.78. The average molecular weight is 445 g/mol. The van der Waals surface area contributed by atoms with Gasteiger partial charge >= 0.3 is 5.69 Å². The normalized spacial score (nSPS) is 10.6. The second kappa shape index (κ2) is 11.8. The van der Waals surface area contributed by atoms with Crippen molar-refractivity contribution in [1.82, 2.24) is 9.55 Å². The first-order valence-corrected chi connectivity index (χ1v) is 10.8. The zero-order valence-corrected chi connectivity index (χ0v) is 19.0. The van der Waals surface area contributed by atoms with Crippen molar-refractivity contribution >= 4 is 17.4 Å². The first-order valence-electron chi connectivity index (χ1n) is 10.8. The van der Waals surface area contributed by atoms with Gasteiger partial charge in [0.25, 0.3) is 11.5 Å². The molecule has 0 radical (unpaired) electrons. The number of ether oxygens (including phenoxy) is 2. The number of nitrogens with one attached hydrogen (secondary N) is 1. The Labute approximate surface area is 187 Å². The van der Waals surface area contributed by atoms with Gasteiger partial charge in [-0.05, 0) is 31.0 Å². The fraction of sp³-hybridized carbons (Fsp3) is 0.435. The Balaban J connectivity index is 2.55. The van der Waals surface area contributed by atoms with Crippen molar-refractivity contribution < 1.29 is 14.3 Å². The van der Waals surface area contributed by atoms with Crippen LogP contribution in [0.1, 0.15) is 49.9 Å². The molecule has 0 fully saturated rings. The van der Waals surface area contributed by atoms with Crippen LogP contribution in [0.25, 0.3) is 0 Å². The average Bonchev–Trinajstić information content (AvgIpc) is 2.78. The van der Waals surface area contributed by atoms with Gasteiger partial charge in [-0.1, -0.05) is 39.3 Å². The van der Waals surface area contributed by atoms with Crippen molar-refractivity contribution in [2.75, 3.05) is 30.9 Å². The molecule has 9 nitrogen and oxygen atoms in total. The zero-order valence-electron chi connectivity index (χ0n) is 19.0. The molecule has 2 rings (SSSR count). The summed E-state index contributed by atoms with van der Waals surface area (Å²) in [5.41, 5.74) is 5.24. The highest BCUT2D eigenvalue weighted by molar-refractivity contribution is 6.07. The lowest BCUT2D eigenvalue weighted by atomic mass is 10.1. The number of hydrogen-bond acceptors (Lipinski definition) is 6. The fourth-order valence-electron chi connectivity index (χ4n) is 3.23. The number of unbranched alkanes of at least 4 members (excludes halogenated alkanes) is 2. The highest BCUT2D eigenvalue weighted by Crippen LogP contribution is 2.29. The Kier molecular flexibility index (Phi) is 9.12. The van der Waals surface area contributed by atoms with Crippen LogP contribution in [-0.4, -0.2) is 35.7 Å². The van der Waals surface area contributed by atoms with E-state index in [1.165, 1.54) is 16.6 Å². The molecular weight excluding hydrogens is 412 g/mol. The Bertz CT molecular complexity index is 1060. The molecule has 0 spiro atoms. The van der Waals surface area contributed by atoms with E-state index >= 15 is 0 Å². The largest absolute Gasteiger partial charge is 0.493 e. The number of hydrogen-bond donors (Lipinski definition) is 2. The smallest absolute Gasteiger partial charge is 0.330 e. The van der Waals surface area contributed by atoms with Crippen LogP contribution in [0.5, 0.6) is 11.5 Å². The van der Waals surface area contributed by atoms with Crippen LogP contribution in [0, 0.1) is 0 Å². The SMILES string of the molecule is C=CCOc1ccc(C(=O)N(CCCC)c2c(N)n(CCCC)c(=O)[nH]c2=O)cc1OC. The number of aromatic amines is 1. The van der Waals surface area contributed by atoms with Gasteiger partial charge in [0.1, 0.15) is 12.4 Å². The van der Waals surface area contributed by atoms with Gasteiger partial charge in [0.15, 0.2) is 17.2 Å². The molecular formula is C23H32N4O5. The molecule has 0 aliphatic carbocycles. The van der Waals surface area contributed by atoms with Gasteiger partial charge in [0.05, 0.1) is 7.11 Å². The van der Waals surface area contributed by atoms with Crippen molar-refractivity contribution in [3.8, 4) is 11.5 Å². The van der Waals surface area contributed by atoms with Crippen LogP contribution in [0.2, 0.25) is 0 Å². The van der Waals surface area contributed by atoms with E-state index < -0.39 is 17.2 Å². The van der Waals surface area contributed by atoms with Gasteiger partial charge in [-0.3, -0.25) is 19.1 Å². The maximum atomic E-state index is 13.5. The molecule has 1 amide bonds. The summed E-state index contributed by atoms with van der Waals surface area (Å²) in [6.45, 7) is 8.49. The summed E-state index contributed by atoms with van der Waals surface area (Å²) in [5, 5.41) is 0. The molecule has 3 N–H and O–H groups in total. The van der Waals surface area contributed by atoms with E-state index in [0.29, 0.717) is 36.4 Å². The van der Waals surface area contributed by atoms with E-state index in [4.69, 9.17) is 15.2 Å². The number of nitrogens with zero attached hydrogens (tertiary/aromatic N) is 2. The lowest BCUT2D eigenvalue weighted by Crippen LogP contribution is -2.41. The first-order chi connectivity index (χ1) is 15.4. The summed E-state index contributed by atoms with van der Waals surface area (Å²) >= 11 is 0. The van der Waals surface area contributed by atoms with Crippen molar-refractivity contribution in [2.24, 2.45) is 0 Å². The van der Waals surface area contributed by atoms with Gasteiger partial charge in [-0.15, -0.1) is 0 Å². The third-order valence-corrected chi connectivity index (χ3v) is 4.97. The lowest BCUT2D eigenvalue weighted by molar-refractivity contribution is 0.0985. The van der Waals surface area contributed by atoms with E-state index in [0.717, 1.165) is 12.8 Å². The lowest BCUT2D eigenvalue weighted by Gasteiger charge is -2.25. The van der Waals surface area contributed by atoms with Crippen LogP contribution in [0.3, 0.4) is 0 Å². The molecule has 0 atom stereocenters. The zero-order chi connectivity index (χ0) is 23.7. The van der Waals surface area contributed by atoms with E-state index in [-0.39, 0.29) is 24.7 Å². The minimum Gasteiger partial charge on any atom is -0.493 e. The molecule has 0 saturated carbocycles. The van der Waals surface area contributed by atoms with Gasteiger partial charge in [-0.2, -0.15) is 0 Å². The van der Waals surface area contributed by atoms with Crippen molar-refractivity contribution in [3.05, 3.63) is 57.3 Å². The number of H-pyrrole nitrogens is 1. The predicted octanol–water partition coefficient (Wildman–Crippen LogP) is 2.94. The Morgan fingerprint density at radius 3 is 2.56 bits per heavy atom. The number of nitrogen functional groups attached to an aromatic ring is 1. The number of nitrogens with two attached hydrogens (primary N) is 1. The highest BCUT2D eigenvalue weighted by atomic mass is 16.5. The molecule has 32 heavy (non-hydrogen) atoms. The van der Waals surface area contributed by atoms with Gasteiger partial charge in [-0.25, -0.2) is 4.79 Å². The maximum absolute atomic E-state index is 13.5. The molecule has 174 valence electrons. The highest BCUT2D eigenvalue weighted by Gasteiger charge is 2.25. The van der Waals surface area contributed by atoms with E-state index in [2.05, 4.69) is 11.6 Å². The van der Waals surface area contributed by atoms with Gasteiger partial charge in [0, 0.05) is 18.7 Å². The number of rotatable bonds is 12. The minimum atomic E-state index is -0.692. The van der Waals surface area contributed by atoms with Crippen molar-refractivity contribution in [3.63, 3.8) is 0 Å². The number of aromatic nitrogens is 2. The molecule has 1 heterocycles. The Morgan fingerprint density at radius 2 is 1.94 bits per heavy atom. The maximum Gasteiger partial charge on any atom is 0.330 e. The third-order valence-electron chi connectivity index (χ3n) is 4.97. The fourth-order valence-corrected chi connectivity index (χ4v) is 3.23. The number of amides is 1. The summed E-state index contributed by atoms with van der Waals surface area (Å²) < 4.78 is 12.2. The van der Waals surface area contributed by atoms with Crippen LogP contribution in [-0.2, 0) is 6.54 Å². The number of benzene rings is 1. The number of carbonyl (C=O) groups is 1. The molecule has 9 heteroatoms. The quantitative estimate of drug-likeness (QED) is 0.486.